The molecule has 0 N–H and O–H groups in total. The van der Waals surface area contributed by atoms with Gasteiger partial charge < -0.3 is 4.84 Å². The van der Waals surface area contributed by atoms with Crippen LogP contribution in [0.3, 0.4) is 0 Å². The van der Waals surface area contributed by atoms with Crippen LogP contribution in [-0.4, -0.2) is 17.5 Å². The third kappa shape index (κ3) is 3.91. The molecule has 0 heterocycles. The molecule has 144 valence electrons. The van der Waals surface area contributed by atoms with Crippen LogP contribution in [0.2, 0.25) is 0 Å². The van der Waals surface area contributed by atoms with Crippen molar-refractivity contribution in [3.05, 3.63) is 59.2 Å². The quantitative estimate of drug-likeness (QED) is 0.253. The van der Waals surface area contributed by atoms with E-state index < -0.39 is 5.97 Å². The summed E-state index contributed by atoms with van der Waals surface area (Å²) in [7, 11) is 0. The Bertz CT molecular complexity index is 939. The fraction of sp³-hybridized carbons (Fsp3) is 0.375. The van der Waals surface area contributed by atoms with Gasteiger partial charge in [0, 0.05) is 12.5 Å². The third-order valence-corrected chi connectivity index (χ3v) is 5.87. The van der Waals surface area contributed by atoms with Gasteiger partial charge in [0.1, 0.15) is 5.71 Å². The van der Waals surface area contributed by atoms with Crippen molar-refractivity contribution in [3.63, 3.8) is 0 Å². The van der Waals surface area contributed by atoms with Gasteiger partial charge in [0.05, 0.1) is 0 Å². The number of hydrogen-bond donors (Lipinski definition) is 0. The maximum atomic E-state index is 13.2. The van der Waals surface area contributed by atoms with Crippen LogP contribution >= 0.6 is 0 Å². The van der Waals surface area contributed by atoms with E-state index >= 15 is 0 Å². The van der Waals surface area contributed by atoms with E-state index in [4.69, 9.17) is 4.84 Å². The first-order chi connectivity index (χ1) is 13.6. The first-order valence-electron chi connectivity index (χ1n) is 10.1. The summed E-state index contributed by atoms with van der Waals surface area (Å²) < 4.78 is 0. The molecular formula is C24H25NO3. The highest BCUT2D eigenvalue weighted by Crippen LogP contribution is 2.37. The summed E-state index contributed by atoms with van der Waals surface area (Å²) in [5.74, 6) is -0.0114. The summed E-state index contributed by atoms with van der Waals surface area (Å²) in [5, 5.41) is 3.92. The molecule has 0 saturated heterocycles. The summed E-state index contributed by atoms with van der Waals surface area (Å²) in [4.78, 5) is 29.2. The first-order valence-corrected chi connectivity index (χ1v) is 10.1. The Hall–Kier alpha value is -2.75. The van der Waals surface area contributed by atoms with Crippen molar-refractivity contribution in [2.45, 2.75) is 51.9 Å². The predicted octanol–water partition coefficient (Wildman–Crippen LogP) is 5.33. The zero-order valence-corrected chi connectivity index (χ0v) is 16.2. The molecule has 0 aliphatic heterocycles. The Morgan fingerprint density at radius 1 is 1.04 bits per heavy atom. The van der Waals surface area contributed by atoms with Crippen molar-refractivity contribution >= 4 is 17.5 Å². The molecule has 0 amide bonds. The number of carbonyl (C=O) groups excluding carboxylic acids is 2. The monoisotopic (exact) mass is 375 g/mol. The second-order valence-electron chi connectivity index (χ2n) is 7.84. The molecule has 0 bridgehead atoms. The Balaban J connectivity index is 1.58. The van der Waals surface area contributed by atoms with Crippen molar-refractivity contribution in [1.82, 2.24) is 0 Å². The second-order valence-corrected chi connectivity index (χ2v) is 7.84. The minimum Gasteiger partial charge on any atom is -0.318 e. The smallest absolute Gasteiger partial charge is 0.318 e. The number of nitrogens with zero attached hydrogens (tertiary/aromatic N) is 1. The zero-order valence-electron chi connectivity index (χ0n) is 16.2. The molecule has 2 aliphatic carbocycles. The zero-order chi connectivity index (χ0) is 19.5. The van der Waals surface area contributed by atoms with Crippen LogP contribution in [-0.2, 0) is 16.1 Å². The third-order valence-electron chi connectivity index (χ3n) is 5.87. The Morgan fingerprint density at radius 3 is 2.57 bits per heavy atom. The number of ketones is 1. The lowest BCUT2D eigenvalue weighted by molar-refractivity contribution is -0.140. The molecule has 1 saturated carbocycles. The molecule has 4 nitrogen and oxygen atoms in total. The van der Waals surface area contributed by atoms with E-state index in [-0.39, 0.29) is 5.78 Å². The van der Waals surface area contributed by atoms with E-state index in [1.165, 1.54) is 49.3 Å². The largest absolute Gasteiger partial charge is 0.331 e. The first kappa shape index (κ1) is 18.6. The van der Waals surface area contributed by atoms with Gasteiger partial charge >= 0.3 is 5.97 Å². The molecule has 1 fully saturated rings. The molecule has 2 aromatic carbocycles. The molecule has 0 aromatic heterocycles. The summed E-state index contributed by atoms with van der Waals surface area (Å²) >= 11 is 0. The van der Waals surface area contributed by atoms with E-state index in [9.17, 15) is 9.59 Å². The van der Waals surface area contributed by atoms with E-state index in [2.05, 4.69) is 17.3 Å². The van der Waals surface area contributed by atoms with E-state index in [0.29, 0.717) is 23.6 Å². The SMILES string of the molecule is CC(=O)O/N=C(\CCC1CCCC1)C(=O)c1ccc2c(c1)-c1ccccc1C2. The topological polar surface area (TPSA) is 55.7 Å². The average Bonchev–Trinajstić information content (AvgIpc) is 3.34. The molecule has 0 unspecified atom stereocenters. The van der Waals surface area contributed by atoms with Gasteiger partial charge in [-0.15, -0.1) is 0 Å². The normalized spacial score (nSPS) is 16.0. The van der Waals surface area contributed by atoms with Gasteiger partial charge in [0.15, 0.2) is 0 Å². The lowest BCUT2D eigenvalue weighted by Crippen LogP contribution is -2.17. The van der Waals surface area contributed by atoms with Gasteiger partial charge in [-0.05, 0) is 53.5 Å². The van der Waals surface area contributed by atoms with Crippen LogP contribution < -0.4 is 0 Å². The fourth-order valence-electron chi connectivity index (χ4n) is 4.39. The highest BCUT2D eigenvalue weighted by Gasteiger charge is 2.23. The second kappa shape index (κ2) is 8.09. The summed E-state index contributed by atoms with van der Waals surface area (Å²) in [5.41, 5.74) is 5.78. The Morgan fingerprint density at radius 2 is 1.79 bits per heavy atom. The number of hydrogen-bond acceptors (Lipinski definition) is 4. The lowest BCUT2D eigenvalue weighted by atomic mass is 9.94. The van der Waals surface area contributed by atoms with Crippen LogP contribution in [0.15, 0.2) is 47.6 Å². The van der Waals surface area contributed by atoms with E-state index in [1.54, 1.807) is 0 Å². The molecule has 0 radical (unpaired) electrons. The minimum absolute atomic E-state index is 0.147. The fourth-order valence-corrected chi connectivity index (χ4v) is 4.39. The van der Waals surface area contributed by atoms with Crippen molar-refractivity contribution in [1.29, 1.82) is 0 Å². The number of carbonyl (C=O) groups is 2. The highest BCUT2D eigenvalue weighted by atomic mass is 16.7. The molecule has 4 rings (SSSR count). The average molecular weight is 375 g/mol. The highest BCUT2D eigenvalue weighted by molar-refractivity contribution is 6.46. The number of oxime groups is 1. The van der Waals surface area contributed by atoms with Crippen molar-refractivity contribution in [2.75, 3.05) is 0 Å². The van der Waals surface area contributed by atoms with Gasteiger partial charge in [0.25, 0.3) is 0 Å². The van der Waals surface area contributed by atoms with Crippen LogP contribution in [0.5, 0.6) is 0 Å². The van der Waals surface area contributed by atoms with Crippen molar-refractivity contribution in [3.8, 4) is 11.1 Å². The van der Waals surface area contributed by atoms with E-state index in [0.717, 1.165) is 18.4 Å². The Kier molecular flexibility index (Phi) is 5.38. The molecule has 4 heteroatoms. The van der Waals surface area contributed by atoms with Crippen molar-refractivity contribution < 1.29 is 14.4 Å². The maximum absolute atomic E-state index is 13.2. The standard InChI is InChI=1S/C24H25NO3/c1-16(26)28-25-23(13-10-17-6-2-3-7-17)24(27)20-12-11-19-14-18-8-4-5-9-21(18)22(19)15-20/h4-5,8-9,11-12,15,17H,2-3,6-7,10,13-14H2,1H3/b25-23+. The maximum Gasteiger partial charge on any atom is 0.331 e. The molecular weight excluding hydrogens is 350 g/mol. The summed E-state index contributed by atoms with van der Waals surface area (Å²) in [6, 6.07) is 14.2. The summed E-state index contributed by atoms with van der Waals surface area (Å²) in [6.07, 6.45) is 7.31. The predicted molar refractivity (Wildman–Crippen MR) is 109 cm³/mol. The number of fused-ring (bicyclic) bond motifs is 3. The number of Topliss-reactive ketones (excluding diaryl/α,β-unsaturated/α-hetero) is 1. The Labute approximate surface area is 165 Å². The van der Waals surface area contributed by atoms with Gasteiger partial charge in [-0.3, -0.25) is 4.79 Å². The molecule has 2 aromatic rings. The van der Waals surface area contributed by atoms with Gasteiger partial charge in [-0.2, -0.15) is 0 Å². The van der Waals surface area contributed by atoms with E-state index in [1.807, 2.05) is 30.3 Å². The number of benzene rings is 2. The molecule has 0 spiro atoms. The van der Waals surface area contributed by atoms with Crippen molar-refractivity contribution in [2.24, 2.45) is 11.1 Å². The number of rotatable bonds is 6. The van der Waals surface area contributed by atoms with Gasteiger partial charge in [-0.25, -0.2) is 4.79 Å². The molecule has 2 aliphatic rings. The van der Waals surface area contributed by atoms with Crippen LogP contribution in [0, 0.1) is 5.92 Å². The van der Waals surface area contributed by atoms with Crippen LogP contribution in [0.1, 0.15) is 66.9 Å². The van der Waals surface area contributed by atoms with Crippen LogP contribution in [0.4, 0.5) is 0 Å². The minimum atomic E-state index is -0.506. The summed E-state index contributed by atoms with van der Waals surface area (Å²) in [6.45, 7) is 1.30. The lowest BCUT2D eigenvalue weighted by Gasteiger charge is -2.11. The molecule has 28 heavy (non-hydrogen) atoms. The van der Waals surface area contributed by atoms with Gasteiger partial charge in [0.2, 0.25) is 5.78 Å². The van der Waals surface area contributed by atoms with Gasteiger partial charge in [-0.1, -0.05) is 67.2 Å². The molecule has 0 atom stereocenters. The van der Waals surface area contributed by atoms with Crippen LogP contribution in [0.25, 0.3) is 11.1 Å².